The minimum Gasteiger partial charge on any atom is -0.478 e. The Kier molecular flexibility index (Phi) is 2.32. The molecule has 0 bridgehead atoms. The van der Waals surface area contributed by atoms with Crippen LogP contribution in [0.25, 0.3) is 0 Å². The Hall–Kier alpha value is -1.85. The molecule has 0 aliphatic heterocycles. The van der Waals surface area contributed by atoms with E-state index in [-0.39, 0.29) is 11.4 Å². The fourth-order valence-corrected chi connectivity index (χ4v) is 0.781. The molecular formula is C7H10N4O2. The van der Waals surface area contributed by atoms with Crippen molar-refractivity contribution in [2.75, 3.05) is 24.7 Å². The van der Waals surface area contributed by atoms with Crippen molar-refractivity contribution in [3.8, 4) is 0 Å². The summed E-state index contributed by atoms with van der Waals surface area (Å²) in [4.78, 5) is 12.3. The molecular weight excluding hydrogens is 172 g/mol. The summed E-state index contributed by atoms with van der Waals surface area (Å²) < 4.78 is 0. The molecule has 0 amide bonds. The number of carboxylic acids is 1. The molecule has 0 saturated carbocycles. The second-order valence-electron chi connectivity index (χ2n) is 2.70. The maximum atomic E-state index is 10.6. The number of nitrogens with two attached hydrogens (primary N) is 1. The van der Waals surface area contributed by atoms with E-state index in [1.807, 2.05) is 0 Å². The molecule has 6 heteroatoms. The maximum absolute atomic E-state index is 10.6. The lowest BCUT2D eigenvalue weighted by molar-refractivity contribution is 0.0697. The summed E-state index contributed by atoms with van der Waals surface area (Å²) >= 11 is 0. The number of nitrogen functional groups attached to an aromatic ring is 1. The van der Waals surface area contributed by atoms with E-state index in [0.717, 1.165) is 0 Å². The van der Waals surface area contributed by atoms with Gasteiger partial charge in [0.2, 0.25) is 0 Å². The average molecular weight is 182 g/mol. The third-order valence-corrected chi connectivity index (χ3v) is 1.50. The Morgan fingerprint density at radius 1 is 1.54 bits per heavy atom. The summed E-state index contributed by atoms with van der Waals surface area (Å²) in [5.74, 6) is -0.708. The molecule has 0 aliphatic rings. The van der Waals surface area contributed by atoms with E-state index in [9.17, 15) is 4.79 Å². The molecule has 13 heavy (non-hydrogen) atoms. The first kappa shape index (κ1) is 9.24. The van der Waals surface area contributed by atoms with Crippen LogP contribution in [-0.2, 0) is 0 Å². The number of aromatic nitrogens is 2. The van der Waals surface area contributed by atoms with Gasteiger partial charge in [-0.3, -0.25) is 0 Å². The van der Waals surface area contributed by atoms with Gasteiger partial charge in [-0.15, -0.1) is 10.2 Å². The van der Waals surface area contributed by atoms with Gasteiger partial charge >= 0.3 is 5.97 Å². The number of anilines is 2. The number of carboxylic acid groups (broad SMARTS) is 1. The third kappa shape index (κ3) is 1.84. The summed E-state index contributed by atoms with van der Waals surface area (Å²) in [6.07, 6.45) is 0. The van der Waals surface area contributed by atoms with Crippen molar-refractivity contribution in [3.05, 3.63) is 11.6 Å². The lowest BCUT2D eigenvalue weighted by Crippen LogP contribution is -2.14. The molecule has 0 spiro atoms. The van der Waals surface area contributed by atoms with Crippen molar-refractivity contribution < 1.29 is 9.90 Å². The van der Waals surface area contributed by atoms with Crippen LogP contribution in [0.3, 0.4) is 0 Å². The van der Waals surface area contributed by atoms with Crippen molar-refractivity contribution >= 4 is 17.6 Å². The van der Waals surface area contributed by atoms with Crippen LogP contribution < -0.4 is 10.6 Å². The van der Waals surface area contributed by atoms with E-state index in [2.05, 4.69) is 10.2 Å². The Bertz CT molecular complexity index is 337. The van der Waals surface area contributed by atoms with E-state index in [1.54, 1.807) is 19.0 Å². The molecule has 0 unspecified atom stereocenters. The molecule has 1 rings (SSSR count). The molecule has 0 aliphatic carbocycles. The second kappa shape index (κ2) is 3.26. The molecule has 3 N–H and O–H groups in total. The smallest absolute Gasteiger partial charge is 0.339 e. The minimum atomic E-state index is -1.10. The van der Waals surface area contributed by atoms with Crippen LogP contribution >= 0.6 is 0 Å². The van der Waals surface area contributed by atoms with Crippen molar-refractivity contribution in [1.29, 1.82) is 0 Å². The summed E-state index contributed by atoms with van der Waals surface area (Å²) in [5, 5.41) is 15.9. The quantitative estimate of drug-likeness (QED) is 0.659. The Balaban J connectivity index is 3.19. The highest BCUT2D eigenvalue weighted by Gasteiger charge is 2.11. The average Bonchev–Trinajstić information content (AvgIpc) is 2.04. The van der Waals surface area contributed by atoms with Gasteiger partial charge in [0.25, 0.3) is 0 Å². The molecule has 1 aromatic rings. The molecule has 0 fully saturated rings. The molecule has 0 radical (unpaired) electrons. The van der Waals surface area contributed by atoms with E-state index >= 15 is 0 Å². The fraction of sp³-hybridized carbons (Fsp3) is 0.286. The first-order valence-corrected chi connectivity index (χ1v) is 3.56. The van der Waals surface area contributed by atoms with Crippen molar-refractivity contribution in [3.63, 3.8) is 0 Å². The highest BCUT2D eigenvalue weighted by molar-refractivity contribution is 5.93. The van der Waals surface area contributed by atoms with Gasteiger partial charge in [-0.1, -0.05) is 0 Å². The van der Waals surface area contributed by atoms with Crippen molar-refractivity contribution in [2.45, 2.75) is 0 Å². The first-order valence-electron chi connectivity index (χ1n) is 3.56. The summed E-state index contributed by atoms with van der Waals surface area (Å²) in [6.45, 7) is 0. The Morgan fingerprint density at radius 2 is 2.15 bits per heavy atom. The highest BCUT2D eigenvalue weighted by Crippen LogP contribution is 2.13. The number of rotatable bonds is 2. The Morgan fingerprint density at radius 3 is 2.62 bits per heavy atom. The van der Waals surface area contributed by atoms with Crippen LogP contribution in [-0.4, -0.2) is 35.4 Å². The molecule has 0 saturated heterocycles. The SMILES string of the molecule is CN(C)c1cc(C(=O)O)c(N)nn1. The fourth-order valence-electron chi connectivity index (χ4n) is 0.781. The van der Waals surface area contributed by atoms with Gasteiger partial charge in [0.05, 0.1) is 0 Å². The predicted molar refractivity (Wildman–Crippen MR) is 47.7 cm³/mol. The highest BCUT2D eigenvalue weighted by atomic mass is 16.4. The molecule has 70 valence electrons. The van der Waals surface area contributed by atoms with E-state index in [4.69, 9.17) is 10.8 Å². The summed E-state index contributed by atoms with van der Waals surface area (Å²) in [7, 11) is 3.48. The lowest BCUT2D eigenvalue weighted by Gasteiger charge is -2.10. The molecule has 6 nitrogen and oxygen atoms in total. The maximum Gasteiger partial charge on any atom is 0.339 e. The Labute approximate surface area is 75.0 Å². The van der Waals surface area contributed by atoms with Crippen LogP contribution in [0, 0.1) is 0 Å². The van der Waals surface area contributed by atoms with Gasteiger partial charge in [0.15, 0.2) is 11.6 Å². The minimum absolute atomic E-state index is 0.0290. The summed E-state index contributed by atoms with van der Waals surface area (Å²) in [6, 6.07) is 1.38. The first-order chi connectivity index (χ1) is 6.02. The van der Waals surface area contributed by atoms with Gasteiger partial charge in [0, 0.05) is 20.2 Å². The molecule has 1 heterocycles. The molecule has 0 atom stereocenters. The molecule has 0 aromatic carbocycles. The topological polar surface area (TPSA) is 92.3 Å². The zero-order chi connectivity index (χ0) is 10.0. The van der Waals surface area contributed by atoms with Crippen LogP contribution in [0.1, 0.15) is 10.4 Å². The zero-order valence-corrected chi connectivity index (χ0v) is 7.35. The number of carbonyl (C=O) groups is 1. The van der Waals surface area contributed by atoms with E-state index < -0.39 is 5.97 Å². The van der Waals surface area contributed by atoms with Gasteiger partial charge < -0.3 is 15.7 Å². The molecule has 1 aromatic heterocycles. The van der Waals surface area contributed by atoms with Crippen LogP contribution in [0.4, 0.5) is 11.6 Å². The monoisotopic (exact) mass is 182 g/mol. The predicted octanol–water partition coefficient (Wildman–Crippen LogP) is -0.177. The third-order valence-electron chi connectivity index (χ3n) is 1.50. The summed E-state index contributed by atoms with van der Waals surface area (Å²) in [5.41, 5.74) is 5.29. The van der Waals surface area contributed by atoms with E-state index in [1.165, 1.54) is 6.07 Å². The van der Waals surface area contributed by atoms with Gasteiger partial charge in [-0.25, -0.2) is 4.79 Å². The number of aromatic carboxylic acids is 1. The largest absolute Gasteiger partial charge is 0.478 e. The van der Waals surface area contributed by atoms with E-state index in [0.29, 0.717) is 5.82 Å². The zero-order valence-electron chi connectivity index (χ0n) is 7.35. The van der Waals surface area contributed by atoms with Gasteiger partial charge in [-0.05, 0) is 0 Å². The standard InChI is InChI=1S/C7H10N4O2/c1-11(2)5-3-4(7(12)13)6(8)10-9-5/h3H,1-2H3,(H2,8,10)(H,12,13). The van der Waals surface area contributed by atoms with Gasteiger partial charge in [-0.2, -0.15) is 0 Å². The second-order valence-corrected chi connectivity index (χ2v) is 2.70. The number of nitrogens with zero attached hydrogens (tertiary/aromatic N) is 3. The normalized spacial score (nSPS) is 9.69. The van der Waals surface area contributed by atoms with Crippen molar-refractivity contribution in [2.24, 2.45) is 0 Å². The number of hydrogen-bond donors (Lipinski definition) is 2. The van der Waals surface area contributed by atoms with Crippen LogP contribution in [0.15, 0.2) is 6.07 Å². The van der Waals surface area contributed by atoms with Crippen LogP contribution in [0.2, 0.25) is 0 Å². The lowest BCUT2D eigenvalue weighted by atomic mass is 10.3. The van der Waals surface area contributed by atoms with Crippen molar-refractivity contribution in [1.82, 2.24) is 10.2 Å². The van der Waals surface area contributed by atoms with Gasteiger partial charge in [0.1, 0.15) is 5.56 Å². The van der Waals surface area contributed by atoms with Crippen LogP contribution in [0.5, 0.6) is 0 Å². The number of hydrogen-bond acceptors (Lipinski definition) is 5.